The van der Waals surface area contributed by atoms with Crippen LogP contribution in [0.4, 0.5) is 10.1 Å². The number of rotatable bonds is 6. The van der Waals surface area contributed by atoms with Crippen LogP contribution in [0.25, 0.3) is 0 Å². The number of hydrogen-bond donors (Lipinski definition) is 1. The van der Waals surface area contributed by atoms with E-state index in [-0.39, 0.29) is 24.1 Å². The van der Waals surface area contributed by atoms with Gasteiger partial charge in [0.25, 0.3) is 5.91 Å². The van der Waals surface area contributed by atoms with Crippen LogP contribution in [0.1, 0.15) is 12.0 Å². The van der Waals surface area contributed by atoms with Crippen LogP contribution in [0.15, 0.2) is 48.5 Å². The molecule has 1 unspecified atom stereocenters. The molecule has 1 heterocycles. The maximum absolute atomic E-state index is 13.2. The first-order valence-corrected chi connectivity index (χ1v) is 8.07. The van der Waals surface area contributed by atoms with E-state index in [1.165, 1.54) is 17.0 Å². The van der Waals surface area contributed by atoms with Crippen molar-refractivity contribution in [3.05, 3.63) is 59.9 Å². The first-order chi connectivity index (χ1) is 12.1. The van der Waals surface area contributed by atoms with Crippen LogP contribution in [0.2, 0.25) is 0 Å². The number of benzene rings is 2. The Morgan fingerprint density at radius 3 is 2.64 bits per heavy atom. The predicted molar refractivity (Wildman–Crippen MR) is 92.0 cm³/mol. The van der Waals surface area contributed by atoms with E-state index in [0.717, 1.165) is 5.56 Å². The van der Waals surface area contributed by atoms with E-state index in [0.29, 0.717) is 24.4 Å². The minimum atomic E-state index is -0.553. The Bertz CT molecular complexity index is 776. The molecule has 3 rings (SSSR count). The molecule has 0 saturated carbocycles. The number of hydrogen-bond acceptors (Lipinski definition) is 4. The second kappa shape index (κ2) is 7.44. The van der Waals surface area contributed by atoms with Gasteiger partial charge in [0.15, 0.2) is 0 Å². The van der Waals surface area contributed by atoms with Crippen molar-refractivity contribution in [2.24, 2.45) is 0 Å². The lowest BCUT2D eigenvalue weighted by atomic mass is 10.1. The van der Waals surface area contributed by atoms with Gasteiger partial charge >= 0.3 is 0 Å². The zero-order valence-electron chi connectivity index (χ0n) is 13.9. The number of nitrogens with zero attached hydrogens (tertiary/aromatic N) is 1. The summed E-state index contributed by atoms with van der Waals surface area (Å²) >= 11 is 0. The zero-order valence-corrected chi connectivity index (χ0v) is 13.9. The van der Waals surface area contributed by atoms with Gasteiger partial charge in [0.1, 0.15) is 11.6 Å². The fraction of sp³-hybridized carbons (Fsp3) is 0.263. The summed E-state index contributed by atoms with van der Waals surface area (Å²) in [6.07, 6.45) is 0.701. The van der Waals surface area contributed by atoms with Crippen LogP contribution in [-0.4, -0.2) is 31.5 Å². The van der Waals surface area contributed by atoms with Crippen molar-refractivity contribution in [1.82, 2.24) is 5.32 Å². The van der Waals surface area contributed by atoms with Crippen LogP contribution in [-0.2, 0) is 16.0 Å². The van der Waals surface area contributed by atoms with Gasteiger partial charge in [0, 0.05) is 0 Å². The fourth-order valence-corrected chi connectivity index (χ4v) is 2.88. The lowest BCUT2D eigenvalue weighted by Crippen LogP contribution is -2.39. The van der Waals surface area contributed by atoms with Gasteiger partial charge in [0.05, 0.1) is 25.3 Å². The van der Waals surface area contributed by atoms with Crippen molar-refractivity contribution in [1.29, 1.82) is 0 Å². The predicted octanol–water partition coefficient (Wildman–Crippen LogP) is 2.30. The molecule has 0 aromatic heterocycles. The third-order valence-corrected chi connectivity index (χ3v) is 4.17. The Balaban J connectivity index is 1.60. The average molecular weight is 342 g/mol. The van der Waals surface area contributed by atoms with Gasteiger partial charge < -0.3 is 10.1 Å². The number of carbonyl (C=O) groups is 2. The highest BCUT2D eigenvalue weighted by Crippen LogP contribution is 2.25. The molecular formula is C19H19FN2O3. The summed E-state index contributed by atoms with van der Waals surface area (Å²) < 4.78 is 18.2. The van der Waals surface area contributed by atoms with Crippen LogP contribution in [0, 0.1) is 5.82 Å². The second-order valence-electron chi connectivity index (χ2n) is 5.86. The highest BCUT2D eigenvalue weighted by molar-refractivity contribution is 6.22. The van der Waals surface area contributed by atoms with E-state index in [1.54, 1.807) is 37.4 Å². The maximum atomic E-state index is 13.2. The summed E-state index contributed by atoms with van der Waals surface area (Å²) in [4.78, 5) is 25.9. The summed E-state index contributed by atoms with van der Waals surface area (Å²) in [6.45, 7) is 0.490. The molecular weight excluding hydrogens is 323 g/mol. The van der Waals surface area contributed by atoms with Gasteiger partial charge in [-0.1, -0.05) is 12.1 Å². The van der Waals surface area contributed by atoms with Crippen LogP contribution < -0.4 is 15.0 Å². The van der Waals surface area contributed by atoms with E-state index in [2.05, 4.69) is 5.32 Å². The Morgan fingerprint density at radius 2 is 1.96 bits per heavy atom. The van der Waals surface area contributed by atoms with E-state index in [4.69, 9.17) is 4.74 Å². The first-order valence-electron chi connectivity index (χ1n) is 8.07. The SMILES string of the molecule is COc1ccc(N2C(=O)CC(NCCc3cccc(F)c3)C2=O)cc1. The molecule has 2 aromatic carbocycles. The van der Waals surface area contributed by atoms with Crippen molar-refractivity contribution in [2.75, 3.05) is 18.6 Å². The number of ether oxygens (including phenoxy) is 1. The molecule has 130 valence electrons. The zero-order chi connectivity index (χ0) is 17.8. The molecule has 25 heavy (non-hydrogen) atoms. The molecule has 0 spiro atoms. The maximum Gasteiger partial charge on any atom is 0.251 e. The first kappa shape index (κ1) is 17.1. The topological polar surface area (TPSA) is 58.6 Å². The van der Waals surface area contributed by atoms with Gasteiger partial charge in [-0.3, -0.25) is 9.59 Å². The summed E-state index contributed by atoms with van der Waals surface area (Å²) in [5, 5.41) is 3.09. The van der Waals surface area contributed by atoms with Crippen molar-refractivity contribution in [3.8, 4) is 5.75 Å². The molecule has 1 atom stereocenters. The van der Waals surface area contributed by atoms with Gasteiger partial charge in [0.2, 0.25) is 5.91 Å². The normalized spacial score (nSPS) is 17.2. The number of carbonyl (C=O) groups excluding carboxylic acids is 2. The van der Waals surface area contributed by atoms with Crippen LogP contribution >= 0.6 is 0 Å². The van der Waals surface area contributed by atoms with Crippen molar-refractivity contribution in [3.63, 3.8) is 0 Å². The molecule has 1 aliphatic heterocycles. The molecule has 0 bridgehead atoms. The van der Waals surface area contributed by atoms with Crippen molar-refractivity contribution in [2.45, 2.75) is 18.9 Å². The van der Waals surface area contributed by atoms with Gasteiger partial charge in [-0.25, -0.2) is 9.29 Å². The van der Waals surface area contributed by atoms with Gasteiger partial charge in [-0.15, -0.1) is 0 Å². The van der Waals surface area contributed by atoms with E-state index < -0.39 is 6.04 Å². The Hall–Kier alpha value is -2.73. The molecule has 5 nitrogen and oxygen atoms in total. The lowest BCUT2D eigenvalue weighted by Gasteiger charge is -2.16. The quantitative estimate of drug-likeness (QED) is 0.819. The highest BCUT2D eigenvalue weighted by Gasteiger charge is 2.39. The third-order valence-electron chi connectivity index (χ3n) is 4.17. The molecule has 6 heteroatoms. The number of imide groups is 1. The Morgan fingerprint density at radius 1 is 1.20 bits per heavy atom. The molecule has 1 aliphatic rings. The fourth-order valence-electron chi connectivity index (χ4n) is 2.88. The largest absolute Gasteiger partial charge is 0.497 e. The Labute approximate surface area is 145 Å². The van der Waals surface area contributed by atoms with E-state index >= 15 is 0 Å². The average Bonchev–Trinajstić information content (AvgIpc) is 2.89. The number of halogens is 1. The summed E-state index contributed by atoms with van der Waals surface area (Å²) in [5.41, 5.74) is 1.38. The van der Waals surface area contributed by atoms with Gasteiger partial charge in [-0.2, -0.15) is 0 Å². The molecule has 2 aromatic rings. The molecule has 2 amide bonds. The van der Waals surface area contributed by atoms with Crippen molar-refractivity contribution < 1.29 is 18.7 Å². The molecule has 1 fully saturated rings. The number of amides is 2. The monoisotopic (exact) mass is 342 g/mol. The standard InChI is InChI=1S/C19H19FN2O3/c1-25-16-7-5-15(6-8-16)22-18(23)12-17(19(22)24)21-10-9-13-3-2-4-14(20)11-13/h2-8,11,17,21H,9-10,12H2,1H3. The van der Waals surface area contributed by atoms with Crippen molar-refractivity contribution >= 4 is 17.5 Å². The number of methoxy groups -OCH3 is 1. The lowest BCUT2D eigenvalue weighted by molar-refractivity contribution is -0.121. The third kappa shape index (κ3) is 3.85. The molecule has 1 N–H and O–H groups in total. The molecule has 0 radical (unpaired) electrons. The van der Waals surface area contributed by atoms with E-state index in [9.17, 15) is 14.0 Å². The minimum Gasteiger partial charge on any atom is -0.497 e. The number of nitrogens with one attached hydrogen (secondary N) is 1. The smallest absolute Gasteiger partial charge is 0.251 e. The highest BCUT2D eigenvalue weighted by atomic mass is 19.1. The summed E-state index contributed by atoms with van der Waals surface area (Å²) in [5.74, 6) is -0.129. The summed E-state index contributed by atoms with van der Waals surface area (Å²) in [7, 11) is 1.56. The van der Waals surface area contributed by atoms with Crippen LogP contribution in [0.5, 0.6) is 5.75 Å². The Kier molecular flexibility index (Phi) is 5.09. The number of anilines is 1. The molecule has 1 saturated heterocycles. The van der Waals surface area contributed by atoms with Gasteiger partial charge in [-0.05, 0) is 54.9 Å². The second-order valence-corrected chi connectivity index (χ2v) is 5.86. The van der Waals surface area contributed by atoms with E-state index in [1.807, 2.05) is 6.07 Å². The minimum absolute atomic E-state index is 0.119. The molecule has 0 aliphatic carbocycles. The summed E-state index contributed by atoms with van der Waals surface area (Å²) in [6, 6.07) is 12.6. The van der Waals surface area contributed by atoms with Crippen LogP contribution in [0.3, 0.4) is 0 Å².